The van der Waals surface area contributed by atoms with Gasteiger partial charge in [0.1, 0.15) is 0 Å². The van der Waals surface area contributed by atoms with Crippen molar-refractivity contribution < 1.29 is 9.53 Å². The number of hydrogen-bond acceptors (Lipinski definition) is 3. The summed E-state index contributed by atoms with van der Waals surface area (Å²) in [5.74, 6) is -0.236. The second-order valence-corrected chi connectivity index (χ2v) is 3.77. The Bertz CT molecular complexity index is 325. The van der Waals surface area contributed by atoms with Crippen molar-refractivity contribution in [1.82, 2.24) is 0 Å². The molecule has 1 aromatic carbocycles. The van der Waals surface area contributed by atoms with Crippen molar-refractivity contribution in [3.63, 3.8) is 0 Å². The molecule has 0 saturated carbocycles. The van der Waals surface area contributed by atoms with E-state index < -0.39 is 0 Å². The number of anilines is 1. The molecule has 1 rings (SSSR count). The minimum atomic E-state index is -0.236. The minimum Gasteiger partial charge on any atom is -0.469 e. The fourth-order valence-electron chi connectivity index (χ4n) is 0.919. The quantitative estimate of drug-likeness (QED) is 0.511. The normalized spacial score (nSPS) is 9.69. The van der Waals surface area contributed by atoms with Crippen molar-refractivity contribution in [2.75, 3.05) is 12.8 Å². The molecule has 0 aliphatic heterocycles. The van der Waals surface area contributed by atoms with E-state index in [0.717, 1.165) is 14.8 Å². The van der Waals surface area contributed by atoms with Crippen LogP contribution >= 0.6 is 22.6 Å². The van der Waals surface area contributed by atoms with Gasteiger partial charge in [0, 0.05) is 9.26 Å². The first-order valence-corrected chi connectivity index (χ1v) is 4.82. The highest BCUT2D eigenvalue weighted by Crippen LogP contribution is 2.16. The molecule has 0 amide bonds. The Morgan fingerprint density at radius 2 is 2.31 bits per heavy atom. The van der Waals surface area contributed by atoms with E-state index in [-0.39, 0.29) is 5.97 Å². The van der Waals surface area contributed by atoms with Crippen molar-refractivity contribution in [3.8, 4) is 0 Å². The molecule has 0 radical (unpaired) electrons. The van der Waals surface area contributed by atoms with Crippen molar-refractivity contribution in [2.24, 2.45) is 0 Å². The summed E-state index contributed by atoms with van der Waals surface area (Å²) in [6.07, 6.45) is 0.298. The van der Waals surface area contributed by atoms with E-state index >= 15 is 0 Å². The van der Waals surface area contributed by atoms with Crippen molar-refractivity contribution in [2.45, 2.75) is 6.42 Å². The van der Waals surface area contributed by atoms with Gasteiger partial charge in [-0.3, -0.25) is 4.79 Å². The summed E-state index contributed by atoms with van der Waals surface area (Å²) < 4.78 is 5.51. The lowest BCUT2D eigenvalue weighted by Crippen LogP contribution is -2.04. The topological polar surface area (TPSA) is 52.3 Å². The van der Waals surface area contributed by atoms with Crippen LogP contribution in [0.1, 0.15) is 5.56 Å². The Kier molecular flexibility index (Phi) is 3.53. The van der Waals surface area contributed by atoms with Crippen LogP contribution in [0.15, 0.2) is 18.2 Å². The number of hydrogen-bond donors (Lipinski definition) is 1. The molecule has 0 spiro atoms. The van der Waals surface area contributed by atoms with Crippen LogP contribution in [0.25, 0.3) is 0 Å². The second-order valence-electron chi connectivity index (χ2n) is 2.61. The van der Waals surface area contributed by atoms with Crippen LogP contribution in [0, 0.1) is 3.57 Å². The van der Waals surface area contributed by atoms with E-state index in [1.807, 2.05) is 12.1 Å². The lowest BCUT2D eigenvalue weighted by atomic mass is 10.1. The Labute approximate surface area is 90.4 Å². The Balaban J connectivity index is 2.79. The van der Waals surface area contributed by atoms with E-state index in [0.29, 0.717) is 6.42 Å². The van der Waals surface area contributed by atoms with Crippen molar-refractivity contribution >= 4 is 34.2 Å². The third-order valence-electron chi connectivity index (χ3n) is 1.64. The molecule has 0 saturated heterocycles. The first-order chi connectivity index (χ1) is 6.13. The van der Waals surface area contributed by atoms with E-state index in [1.54, 1.807) is 6.07 Å². The van der Waals surface area contributed by atoms with Gasteiger partial charge in [0.05, 0.1) is 13.5 Å². The van der Waals surface area contributed by atoms with Gasteiger partial charge in [0.2, 0.25) is 0 Å². The molecule has 0 aromatic heterocycles. The summed E-state index contributed by atoms with van der Waals surface area (Å²) in [6, 6.07) is 5.50. The average Bonchev–Trinajstić information content (AvgIpc) is 2.11. The molecule has 0 bridgehead atoms. The number of benzene rings is 1. The molecule has 70 valence electrons. The molecule has 13 heavy (non-hydrogen) atoms. The van der Waals surface area contributed by atoms with Crippen LogP contribution in [0.4, 0.5) is 5.69 Å². The Morgan fingerprint density at radius 1 is 1.62 bits per heavy atom. The van der Waals surface area contributed by atoms with Crippen molar-refractivity contribution in [3.05, 3.63) is 27.3 Å². The highest BCUT2D eigenvalue weighted by atomic mass is 127. The summed E-state index contributed by atoms with van der Waals surface area (Å²) in [5, 5.41) is 0. The third kappa shape index (κ3) is 2.87. The number of carbonyl (C=O) groups excluding carboxylic acids is 1. The smallest absolute Gasteiger partial charge is 0.309 e. The van der Waals surface area contributed by atoms with Gasteiger partial charge < -0.3 is 10.5 Å². The van der Waals surface area contributed by atoms with E-state index in [1.165, 1.54) is 7.11 Å². The first kappa shape index (κ1) is 10.3. The molecule has 0 aliphatic rings. The highest BCUT2D eigenvalue weighted by molar-refractivity contribution is 14.1. The maximum Gasteiger partial charge on any atom is 0.309 e. The van der Waals surface area contributed by atoms with Gasteiger partial charge in [-0.25, -0.2) is 0 Å². The average molecular weight is 291 g/mol. The molecular formula is C9H10INO2. The fraction of sp³-hybridized carbons (Fsp3) is 0.222. The monoisotopic (exact) mass is 291 g/mol. The molecule has 0 heterocycles. The highest BCUT2D eigenvalue weighted by Gasteiger charge is 2.03. The predicted octanol–water partition coefficient (Wildman–Crippen LogP) is 1.59. The number of nitrogen functional groups attached to an aromatic ring is 1. The number of nitrogens with two attached hydrogens (primary N) is 1. The largest absolute Gasteiger partial charge is 0.469 e. The van der Waals surface area contributed by atoms with Crippen LogP contribution < -0.4 is 5.73 Å². The molecule has 2 N–H and O–H groups in total. The summed E-state index contributed by atoms with van der Waals surface area (Å²) >= 11 is 2.13. The number of rotatable bonds is 2. The van der Waals surface area contributed by atoms with Gasteiger partial charge in [-0.05, 0) is 40.3 Å². The molecule has 0 fully saturated rings. The zero-order chi connectivity index (χ0) is 9.84. The van der Waals surface area contributed by atoms with E-state index in [2.05, 4.69) is 27.3 Å². The number of ether oxygens (including phenoxy) is 1. The van der Waals surface area contributed by atoms with Crippen LogP contribution in [-0.2, 0) is 16.0 Å². The van der Waals surface area contributed by atoms with Crippen LogP contribution in [0.2, 0.25) is 0 Å². The number of esters is 1. The summed E-state index contributed by atoms with van der Waals surface area (Å²) in [6.45, 7) is 0. The third-order valence-corrected chi connectivity index (χ3v) is 2.58. The summed E-state index contributed by atoms with van der Waals surface area (Å²) in [5.41, 5.74) is 7.28. The standard InChI is InChI=1S/C9H10INO2/c1-13-9(12)5-6-2-3-8(11)7(10)4-6/h2-4H,5,11H2,1H3. The second kappa shape index (κ2) is 4.45. The predicted molar refractivity (Wildman–Crippen MR) is 59.3 cm³/mol. The Hall–Kier alpha value is -0.780. The molecule has 0 atom stereocenters. The summed E-state index contributed by atoms with van der Waals surface area (Å²) in [4.78, 5) is 10.9. The zero-order valence-electron chi connectivity index (χ0n) is 7.21. The number of carbonyl (C=O) groups is 1. The van der Waals surface area contributed by atoms with Gasteiger partial charge in [-0.15, -0.1) is 0 Å². The molecule has 3 nitrogen and oxygen atoms in total. The van der Waals surface area contributed by atoms with Gasteiger partial charge in [-0.1, -0.05) is 6.07 Å². The van der Waals surface area contributed by atoms with Crippen LogP contribution in [-0.4, -0.2) is 13.1 Å². The van der Waals surface area contributed by atoms with E-state index in [9.17, 15) is 4.79 Å². The van der Waals surface area contributed by atoms with Crippen molar-refractivity contribution in [1.29, 1.82) is 0 Å². The van der Waals surface area contributed by atoms with E-state index in [4.69, 9.17) is 5.73 Å². The minimum absolute atomic E-state index is 0.236. The SMILES string of the molecule is COC(=O)Cc1ccc(N)c(I)c1. The van der Waals surface area contributed by atoms with Crippen LogP contribution in [0.5, 0.6) is 0 Å². The first-order valence-electron chi connectivity index (χ1n) is 3.74. The van der Waals surface area contributed by atoms with Gasteiger partial charge in [0.15, 0.2) is 0 Å². The zero-order valence-corrected chi connectivity index (χ0v) is 9.37. The molecule has 4 heteroatoms. The van der Waals surface area contributed by atoms with Gasteiger partial charge >= 0.3 is 5.97 Å². The number of methoxy groups -OCH3 is 1. The Morgan fingerprint density at radius 3 is 2.85 bits per heavy atom. The maximum absolute atomic E-state index is 10.9. The lowest BCUT2D eigenvalue weighted by Gasteiger charge is -2.02. The van der Waals surface area contributed by atoms with Gasteiger partial charge in [0.25, 0.3) is 0 Å². The molecule has 0 unspecified atom stereocenters. The molecular weight excluding hydrogens is 281 g/mol. The molecule has 1 aromatic rings. The fourth-order valence-corrected chi connectivity index (χ4v) is 1.50. The summed E-state index contributed by atoms with van der Waals surface area (Å²) in [7, 11) is 1.38. The molecule has 0 aliphatic carbocycles. The maximum atomic E-state index is 10.9. The van der Waals surface area contributed by atoms with Gasteiger partial charge in [-0.2, -0.15) is 0 Å². The number of halogens is 1. The van der Waals surface area contributed by atoms with Crippen LogP contribution in [0.3, 0.4) is 0 Å². The lowest BCUT2D eigenvalue weighted by molar-refractivity contribution is -0.139.